The highest BCUT2D eigenvalue weighted by molar-refractivity contribution is 5.76. The first-order valence-corrected chi connectivity index (χ1v) is 13.8. The Labute approximate surface area is 206 Å². The lowest BCUT2D eigenvalue weighted by atomic mass is 9.33. The molecule has 0 radical (unpaired) electrons. The minimum absolute atomic E-state index is 0.00538. The summed E-state index contributed by atoms with van der Waals surface area (Å²) >= 11 is 0. The number of fused-ring (bicyclic) bond motifs is 7. The van der Waals surface area contributed by atoms with Gasteiger partial charge in [0, 0.05) is 0 Å². The topological polar surface area (TPSA) is 74.6 Å². The molecule has 190 valence electrons. The van der Waals surface area contributed by atoms with E-state index in [9.17, 15) is 19.8 Å². The highest BCUT2D eigenvalue weighted by Gasteiger charge is 2.69. The first-order valence-electron chi connectivity index (χ1n) is 13.8. The Morgan fingerprint density at radius 2 is 1.62 bits per heavy atom. The number of carboxylic acid groups (broad SMARTS) is 1. The Bertz CT molecular complexity index is 936. The molecule has 4 heteroatoms. The molecule has 0 amide bonds. The summed E-state index contributed by atoms with van der Waals surface area (Å²) in [7, 11) is 0. The van der Waals surface area contributed by atoms with Crippen LogP contribution in [0.2, 0.25) is 0 Å². The maximum Gasteiger partial charge on any atom is 0.310 e. The monoisotopic (exact) mass is 470 g/mol. The van der Waals surface area contributed by atoms with Gasteiger partial charge in [0.15, 0.2) is 0 Å². The quantitative estimate of drug-likeness (QED) is 0.361. The molecule has 1 unspecified atom stereocenters. The zero-order chi connectivity index (χ0) is 24.9. The van der Waals surface area contributed by atoms with Crippen LogP contribution in [0.1, 0.15) is 106 Å². The van der Waals surface area contributed by atoms with Gasteiger partial charge < -0.3 is 15.0 Å². The van der Waals surface area contributed by atoms with E-state index in [1.165, 1.54) is 5.57 Å². The highest BCUT2D eigenvalue weighted by atomic mass is 16.4. The van der Waals surface area contributed by atoms with E-state index in [0.29, 0.717) is 12.3 Å². The van der Waals surface area contributed by atoms with Crippen LogP contribution in [-0.4, -0.2) is 28.6 Å². The SMILES string of the molecule is CC1(C)CC[C@]2(C(=O)O)CC[C@]3(C)C(=CC[C@@H]4[C@@]5(C)CC[C@H](O)[C@@](C)(C=O)C5CC[C@]43C)[C@H]2C1. The van der Waals surface area contributed by atoms with Crippen LogP contribution in [0, 0.1) is 50.2 Å². The number of aliphatic hydroxyl groups excluding tert-OH is 1. The predicted molar refractivity (Wildman–Crippen MR) is 133 cm³/mol. The zero-order valence-corrected chi connectivity index (χ0v) is 22.2. The van der Waals surface area contributed by atoms with Crippen molar-refractivity contribution in [1.82, 2.24) is 0 Å². The Morgan fingerprint density at radius 1 is 0.941 bits per heavy atom. The number of allylic oxidation sites excluding steroid dienone is 2. The van der Waals surface area contributed by atoms with Crippen LogP contribution in [0.5, 0.6) is 0 Å². The van der Waals surface area contributed by atoms with E-state index in [2.05, 4.69) is 40.7 Å². The summed E-state index contributed by atoms with van der Waals surface area (Å²) in [5.41, 5.74) is 0.446. The molecule has 0 aliphatic heterocycles. The molecule has 4 nitrogen and oxygen atoms in total. The first-order chi connectivity index (χ1) is 15.7. The average molecular weight is 471 g/mol. The molecule has 0 bridgehead atoms. The number of hydrogen-bond acceptors (Lipinski definition) is 3. The van der Waals surface area contributed by atoms with Crippen molar-refractivity contribution in [3.63, 3.8) is 0 Å². The van der Waals surface area contributed by atoms with E-state index < -0.39 is 22.9 Å². The summed E-state index contributed by atoms with van der Waals surface area (Å²) in [6.45, 7) is 14.0. The third-order valence-corrected chi connectivity index (χ3v) is 13.0. The minimum atomic E-state index is -0.669. The number of aliphatic hydroxyl groups is 1. The van der Waals surface area contributed by atoms with Gasteiger partial charge >= 0.3 is 5.97 Å². The van der Waals surface area contributed by atoms with Gasteiger partial charge in [-0.15, -0.1) is 0 Å². The first kappa shape index (κ1) is 24.5. The maximum absolute atomic E-state index is 12.8. The van der Waals surface area contributed by atoms with E-state index in [1.54, 1.807) is 0 Å². The molecule has 0 spiro atoms. The molecule has 4 fully saturated rings. The van der Waals surface area contributed by atoms with Crippen molar-refractivity contribution in [2.24, 2.45) is 50.2 Å². The second-order valence-electron chi connectivity index (χ2n) is 14.7. The molecule has 0 aromatic heterocycles. The van der Waals surface area contributed by atoms with E-state index in [4.69, 9.17) is 0 Å². The number of carbonyl (C=O) groups excluding carboxylic acids is 1. The van der Waals surface area contributed by atoms with Crippen LogP contribution in [-0.2, 0) is 9.59 Å². The fraction of sp³-hybridized carbons (Fsp3) is 0.867. The molecule has 5 aliphatic rings. The fourth-order valence-corrected chi connectivity index (χ4v) is 10.5. The van der Waals surface area contributed by atoms with Gasteiger partial charge in [-0.05, 0) is 104 Å². The van der Waals surface area contributed by atoms with Crippen molar-refractivity contribution in [2.75, 3.05) is 0 Å². The van der Waals surface area contributed by atoms with Gasteiger partial charge in [-0.3, -0.25) is 4.79 Å². The number of rotatable bonds is 2. The number of carboxylic acids is 1. The Kier molecular flexibility index (Phi) is 5.20. The van der Waals surface area contributed by atoms with E-state index in [-0.39, 0.29) is 33.5 Å². The molecular formula is C30H46O4. The van der Waals surface area contributed by atoms with Crippen LogP contribution in [0.4, 0.5) is 0 Å². The molecule has 34 heavy (non-hydrogen) atoms. The smallest absolute Gasteiger partial charge is 0.310 e. The second kappa shape index (κ2) is 7.20. The highest BCUT2D eigenvalue weighted by Crippen LogP contribution is 2.75. The summed E-state index contributed by atoms with van der Waals surface area (Å²) in [5, 5.41) is 21.3. The Morgan fingerprint density at radius 3 is 2.26 bits per heavy atom. The van der Waals surface area contributed by atoms with Gasteiger partial charge in [-0.2, -0.15) is 0 Å². The van der Waals surface area contributed by atoms with Crippen molar-refractivity contribution in [3.8, 4) is 0 Å². The van der Waals surface area contributed by atoms with Crippen molar-refractivity contribution < 1.29 is 19.8 Å². The normalized spacial score (nSPS) is 53.9. The third kappa shape index (κ3) is 2.81. The number of carbonyl (C=O) groups is 2. The summed E-state index contributed by atoms with van der Waals surface area (Å²) in [6.07, 6.45) is 12.1. The van der Waals surface area contributed by atoms with Crippen LogP contribution < -0.4 is 0 Å². The second-order valence-corrected chi connectivity index (χ2v) is 14.7. The van der Waals surface area contributed by atoms with Gasteiger partial charge in [-0.25, -0.2) is 0 Å². The van der Waals surface area contributed by atoms with Crippen molar-refractivity contribution in [1.29, 1.82) is 0 Å². The third-order valence-electron chi connectivity index (χ3n) is 13.0. The minimum Gasteiger partial charge on any atom is -0.481 e. The molecule has 0 saturated heterocycles. The van der Waals surface area contributed by atoms with E-state index in [1.807, 2.05) is 6.92 Å². The standard InChI is InChI=1S/C30H46O4/c1-25(2)13-15-30(24(33)34)16-14-28(5)19(20(30)17-25)7-8-22-26(3)11-10-23(32)27(4,18-31)21(26)9-12-29(22,28)6/h7,18,20-23,32H,8-17H2,1-6H3,(H,33,34)/t20-,21?,22-,23+,26+,27+,28-,29-,30+/m1/s1. The van der Waals surface area contributed by atoms with Crippen LogP contribution in [0.25, 0.3) is 0 Å². The van der Waals surface area contributed by atoms with E-state index in [0.717, 1.165) is 64.1 Å². The van der Waals surface area contributed by atoms with Gasteiger partial charge in [0.1, 0.15) is 6.29 Å². The van der Waals surface area contributed by atoms with Gasteiger partial charge in [0.2, 0.25) is 0 Å². The fourth-order valence-electron chi connectivity index (χ4n) is 10.5. The summed E-state index contributed by atoms with van der Waals surface area (Å²) < 4.78 is 0. The number of aldehydes is 1. The molecule has 9 atom stereocenters. The molecule has 0 heterocycles. The van der Waals surface area contributed by atoms with Crippen molar-refractivity contribution in [3.05, 3.63) is 11.6 Å². The Balaban J connectivity index is 1.60. The maximum atomic E-state index is 12.8. The zero-order valence-electron chi connectivity index (χ0n) is 22.2. The van der Waals surface area contributed by atoms with Crippen LogP contribution >= 0.6 is 0 Å². The molecule has 0 aromatic carbocycles. The molecule has 5 aliphatic carbocycles. The van der Waals surface area contributed by atoms with Crippen LogP contribution in [0.3, 0.4) is 0 Å². The van der Waals surface area contributed by atoms with Crippen molar-refractivity contribution >= 4 is 12.3 Å². The molecule has 0 aromatic rings. The van der Waals surface area contributed by atoms with E-state index >= 15 is 0 Å². The lowest BCUT2D eigenvalue weighted by Crippen LogP contribution is -2.65. The largest absolute Gasteiger partial charge is 0.481 e. The summed E-state index contributed by atoms with van der Waals surface area (Å²) in [4.78, 5) is 25.1. The van der Waals surface area contributed by atoms with Gasteiger partial charge in [-0.1, -0.05) is 53.2 Å². The van der Waals surface area contributed by atoms with Crippen LogP contribution in [0.15, 0.2) is 11.6 Å². The number of aliphatic carboxylic acids is 1. The Hall–Kier alpha value is -1.16. The molecule has 2 N–H and O–H groups in total. The van der Waals surface area contributed by atoms with Gasteiger partial charge in [0.25, 0.3) is 0 Å². The molecular weight excluding hydrogens is 424 g/mol. The molecule has 5 rings (SSSR count). The predicted octanol–water partition coefficient (Wildman–Crippen LogP) is 6.41. The molecule has 4 saturated carbocycles. The number of hydrogen-bond donors (Lipinski definition) is 2. The lowest BCUT2D eigenvalue weighted by Gasteiger charge is -2.70. The van der Waals surface area contributed by atoms with Gasteiger partial charge in [0.05, 0.1) is 16.9 Å². The summed E-state index contributed by atoms with van der Waals surface area (Å²) in [5.74, 6) is 0.201. The van der Waals surface area contributed by atoms with Crippen molar-refractivity contribution in [2.45, 2.75) is 112 Å². The lowest BCUT2D eigenvalue weighted by molar-refractivity contribution is -0.204. The summed E-state index contributed by atoms with van der Waals surface area (Å²) in [6, 6.07) is 0. The average Bonchev–Trinajstić information content (AvgIpc) is 2.76.